The molecule has 10 heteroatoms. The highest BCUT2D eigenvalue weighted by atomic mass is 127. The minimum absolute atomic E-state index is 0. The van der Waals surface area contributed by atoms with E-state index in [4.69, 9.17) is 25.6 Å². The van der Waals surface area contributed by atoms with E-state index in [9.17, 15) is 0 Å². The molecule has 0 fully saturated rings. The summed E-state index contributed by atoms with van der Waals surface area (Å²) >= 11 is 6.03. The normalized spacial score (nSPS) is 10.9. The molecule has 0 unspecified atom stereocenters. The van der Waals surface area contributed by atoms with Gasteiger partial charge in [0.25, 0.3) is 0 Å². The molecule has 1 heterocycles. The summed E-state index contributed by atoms with van der Waals surface area (Å²) in [6.07, 6.45) is 0.796. The molecule has 2 aromatic carbocycles. The highest BCUT2D eigenvalue weighted by Crippen LogP contribution is 2.27. The number of rotatable bonds is 9. The Bertz CT molecular complexity index is 1030. The Morgan fingerprint density at radius 3 is 2.62 bits per heavy atom. The molecular weight excluding hydrogens is 545 g/mol. The lowest BCUT2D eigenvalue weighted by Gasteiger charge is -2.12. The molecule has 3 aromatic rings. The highest BCUT2D eigenvalue weighted by Gasteiger charge is 2.09. The number of halogens is 2. The number of ether oxygens (including phenoxy) is 2. The summed E-state index contributed by atoms with van der Waals surface area (Å²) in [5.41, 5.74) is 1.93. The Labute approximate surface area is 209 Å². The van der Waals surface area contributed by atoms with Crippen LogP contribution in [0.4, 0.5) is 0 Å². The number of hydrogen-bond acceptors (Lipinski definition) is 6. The van der Waals surface area contributed by atoms with E-state index in [0.29, 0.717) is 40.7 Å². The van der Waals surface area contributed by atoms with Crippen LogP contribution in [0.5, 0.6) is 11.5 Å². The topological polar surface area (TPSA) is 93.8 Å². The zero-order chi connectivity index (χ0) is 22.1. The molecule has 3 rings (SSSR count). The number of aromatic nitrogens is 2. The van der Waals surface area contributed by atoms with Gasteiger partial charge in [0, 0.05) is 23.7 Å². The molecule has 0 bridgehead atoms. The van der Waals surface area contributed by atoms with Crippen LogP contribution in [-0.2, 0) is 13.0 Å². The predicted molar refractivity (Wildman–Crippen MR) is 136 cm³/mol. The molecule has 0 radical (unpaired) electrons. The maximum Gasteiger partial charge on any atom is 0.248 e. The van der Waals surface area contributed by atoms with Crippen LogP contribution in [0.1, 0.15) is 18.4 Å². The Morgan fingerprint density at radius 2 is 1.91 bits per heavy atom. The summed E-state index contributed by atoms with van der Waals surface area (Å²) < 4.78 is 16.0. The molecule has 0 amide bonds. The fourth-order valence-electron chi connectivity index (χ4n) is 2.91. The van der Waals surface area contributed by atoms with Gasteiger partial charge in [-0.25, -0.2) is 4.99 Å². The largest absolute Gasteiger partial charge is 0.493 e. The van der Waals surface area contributed by atoms with Crippen molar-refractivity contribution >= 4 is 41.5 Å². The molecule has 0 aliphatic carbocycles. The lowest BCUT2D eigenvalue weighted by atomic mass is 10.1. The number of nitrogens with zero attached hydrogens (tertiary/aromatic N) is 3. The van der Waals surface area contributed by atoms with Crippen molar-refractivity contribution in [2.24, 2.45) is 4.99 Å². The first-order valence-corrected chi connectivity index (χ1v) is 10.3. The van der Waals surface area contributed by atoms with Crippen molar-refractivity contribution in [2.75, 3.05) is 27.3 Å². The van der Waals surface area contributed by atoms with Gasteiger partial charge in [0.2, 0.25) is 11.7 Å². The minimum atomic E-state index is 0. The summed E-state index contributed by atoms with van der Waals surface area (Å²) in [6.45, 7) is 3.70. The van der Waals surface area contributed by atoms with Crippen LogP contribution in [0.25, 0.3) is 11.4 Å². The van der Waals surface area contributed by atoms with Crippen molar-refractivity contribution in [3.05, 3.63) is 58.9 Å². The van der Waals surface area contributed by atoms with Gasteiger partial charge >= 0.3 is 0 Å². The molecule has 172 valence electrons. The molecule has 0 saturated carbocycles. The first-order valence-electron chi connectivity index (χ1n) is 9.94. The van der Waals surface area contributed by atoms with Gasteiger partial charge in [0.15, 0.2) is 17.5 Å². The number of guanidine groups is 1. The van der Waals surface area contributed by atoms with Gasteiger partial charge in [-0.3, -0.25) is 0 Å². The molecule has 0 atom stereocenters. The van der Waals surface area contributed by atoms with E-state index in [1.54, 1.807) is 26.4 Å². The second kappa shape index (κ2) is 13.1. The summed E-state index contributed by atoms with van der Waals surface area (Å²) in [4.78, 5) is 8.92. The van der Waals surface area contributed by atoms with Crippen molar-refractivity contribution in [2.45, 2.75) is 19.9 Å². The average molecular weight is 572 g/mol. The first kappa shape index (κ1) is 25.7. The number of methoxy groups -OCH3 is 2. The summed E-state index contributed by atoms with van der Waals surface area (Å²) in [7, 11) is 3.25. The van der Waals surface area contributed by atoms with Crippen molar-refractivity contribution in [3.8, 4) is 22.9 Å². The van der Waals surface area contributed by atoms with E-state index in [1.807, 2.05) is 37.3 Å². The monoisotopic (exact) mass is 571 g/mol. The summed E-state index contributed by atoms with van der Waals surface area (Å²) in [5.74, 6) is 3.01. The third-order valence-electron chi connectivity index (χ3n) is 4.42. The second-order valence-corrected chi connectivity index (χ2v) is 7.02. The SMILES string of the molecule is CCNC(=NCc1nc(-c2cccc(Cl)c2)no1)NCCc1ccc(OC)c(OC)c1.I. The number of aliphatic imine (C=N–C) groups is 1. The summed E-state index contributed by atoms with van der Waals surface area (Å²) in [5, 5.41) is 11.2. The first-order chi connectivity index (χ1) is 15.1. The zero-order valence-corrected chi connectivity index (χ0v) is 21.3. The van der Waals surface area contributed by atoms with Gasteiger partial charge in [0.1, 0.15) is 6.54 Å². The predicted octanol–water partition coefficient (Wildman–Crippen LogP) is 4.32. The smallest absolute Gasteiger partial charge is 0.248 e. The van der Waals surface area contributed by atoms with Crippen molar-refractivity contribution in [1.29, 1.82) is 0 Å². The maximum atomic E-state index is 6.03. The van der Waals surface area contributed by atoms with E-state index < -0.39 is 0 Å². The molecule has 0 aliphatic heterocycles. The van der Waals surface area contributed by atoms with Crippen LogP contribution < -0.4 is 20.1 Å². The summed E-state index contributed by atoms with van der Waals surface area (Å²) in [6, 6.07) is 13.2. The zero-order valence-electron chi connectivity index (χ0n) is 18.2. The van der Waals surface area contributed by atoms with Gasteiger partial charge < -0.3 is 24.6 Å². The number of benzene rings is 2. The fourth-order valence-corrected chi connectivity index (χ4v) is 3.10. The quantitative estimate of drug-likeness (QED) is 0.224. The Kier molecular flexibility index (Phi) is 10.5. The lowest BCUT2D eigenvalue weighted by molar-refractivity contribution is 0.354. The van der Waals surface area contributed by atoms with Crippen LogP contribution in [-0.4, -0.2) is 43.4 Å². The van der Waals surface area contributed by atoms with Crippen LogP contribution in [0.15, 0.2) is 52.0 Å². The van der Waals surface area contributed by atoms with Crippen molar-refractivity contribution < 1.29 is 14.0 Å². The molecule has 2 N–H and O–H groups in total. The Balaban J connectivity index is 0.00000363. The van der Waals surface area contributed by atoms with E-state index >= 15 is 0 Å². The standard InChI is InChI=1S/C22H26ClN5O3.HI/c1-4-24-22(25-11-10-15-8-9-18(29-2)19(12-15)30-3)26-14-20-27-21(28-31-20)16-6-5-7-17(23)13-16;/h5-9,12-13H,4,10-11,14H2,1-3H3,(H2,24,25,26);1H. The molecule has 0 aliphatic rings. The molecular formula is C22H27ClIN5O3. The molecule has 32 heavy (non-hydrogen) atoms. The Morgan fingerprint density at radius 1 is 1.09 bits per heavy atom. The molecule has 0 saturated heterocycles. The van der Waals surface area contributed by atoms with E-state index in [-0.39, 0.29) is 30.5 Å². The fraction of sp³-hybridized carbons (Fsp3) is 0.318. The minimum Gasteiger partial charge on any atom is -0.493 e. The molecule has 0 spiro atoms. The third kappa shape index (κ3) is 7.27. The second-order valence-electron chi connectivity index (χ2n) is 6.58. The van der Waals surface area contributed by atoms with Gasteiger partial charge in [-0.05, 0) is 43.2 Å². The van der Waals surface area contributed by atoms with Gasteiger partial charge in [-0.15, -0.1) is 24.0 Å². The van der Waals surface area contributed by atoms with E-state index in [1.165, 1.54) is 0 Å². The van der Waals surface area contributed by atoms with Crippen molar-refractivity contribution in [1.82, 2.24) is 20.8 Å². The van der Waals surface area contributed by atoms with Crippen LogP contribution in [0.3, 0.4) is 0 Å². The highest BCUT2D eigenvalue weighted by molar-refractivity contribution is 14.0. The van der Waals surface area contributed by atoms with Crippen LogP contribution in [0.2, 0.25) is 5.02 Å². The van der Waals surface area contributed by atoms with Crippen molar-refractivity contribution in [3.63, 3.8) is 0 Å². The molecule has 1 aromatic heterocycles. The third-order valence-corrected chi connectivity index (χ3v) is 4.66. The average Bonchev–Trinajstić information content (AvgIpc) is 3.26. The van der Waals surface area contributed by atoms with Gasteiger partial charge in [0.05, 0.1) is 14.2 Å². The lowest BCUT2D eigenvalue weighted by Crippen LogP contribution is -2.38. The Hall–Kier alpha value is -2.53. The van der Waals surface area contributed by atoms with Crippen LogP contribution in [0, 0.1) is 0 Å². The van der Waals surface area contributed by atoms with Gasteiger partial charge in [-0.2, -0.15) is 4.98 Å². The maximum absolute atomic E-state index is 6.03. The number of nitrogens with one attached hydrogen (secondary N) is 2. The van der Waals surface area contributed by atoms with Gasteiger partial charge in [-0.1, -0.05) is 35.0 Å². The van der Waals surface area contributed by atoms with Crippen LogP contribution >= 0.6 is 35.6 Å². The molecule has 8 nitrogen and oxygen atoms in total. The van der Waals surface area contributed by atoms with E-state index in [2.05, 4.69) is 25.8 Å². The van der Waals surface area contributed by atoms with E-state index in [0.717, 1.165) is 24.1 Å². The number of hydrogen-bond donors (Lipinski definition) is 2.